The molecule has 0 radical (unpaired) electrons. The molecule has 0 saturated carbocycles. The molecule has 0 aliphatic carbocycles. The highest BCUT2D eigenvalue weighted by atomic mass is 14.2. The molecule has 0 aliphatic rings. The highest BCUT2D eigenvalue weighted by Crippen LogP contribution is 2.45. The Kier molecular flexibility index (Phi) is 2.19. The van der Waals surface area contributed by atoms with Gasteiger partial charge in [0.05, 0.1) is 38.4 Å². The van der Waals surface area contributed by atoms with Crippen molar-refractivity contribution >= 4 is 32.3 Å². The molecule has 0 fully saturated rings. The zero-order chi connectivity index (χ0) is 52.2. The maximum Gasteiger partial charge on any atom is 0.0636 e. The second kappa shape index (κ2) is 10.2. The van der Waals surface area contributed by atoms with Crippen LogP contribution in [-0.2, 0) is 0 Å². The van der Waals surface area contributed by atoms with Gasteiger partial charge >= 0.3 is 0 Å². The first-order chi connectivity index (χ1) is 32.5. The van der Waals surface area contributed by atoms with E-state index >= 15 is 0 Å². The van der Waals surface area contributed by atoms with Crippen LogP contribution in [0.1, 0.15) is 38.4 Å². The van der Waals surface area contributed by atoms with Crippen molar-refractivity contribution in [2.75, 3.05) is 0 Å². The number of benzene rings is 8. The lowest BCUT2D eigenvalue weighted by atomic mass is 9.84. The van der Waals surface area contributed by atoms with Crippen molar-refractivity contribution in [3.05, 3.63) is 169 Å². The summed E-state index contributed by atoms with van der Waals surface area (Å²) in [4.78, 5) is 0. The normalized spacial score (nSPS) is 20.7. The largest absolute Gasteiger partial charge is 0.0636 e. The number of fused-ring (bicyclic) bond motifs is 3. The first kappa shape index (κ1) is 9.02. The minimum atomic E-state index is -1.12. The zero-order valence-corrected chi connectivity index (χ0v) is 21.0. The Bertz CT molecular complexity index is 3740. The Morgan fingerprint density at radius 3 is 1.45 bits per heavy atom. The molecular formula is C42H28. The lowest BCUT2D eigenvalue weighted by Gasteiger charge is -2.19. The fourth-order valence-corrected chi connectivity index (χ4v) is 4.59. The van der Waals surface area contributed by atoms with E-state index in [-0.39, 0.29) is 0 Å². The number of hydrogen-bond acceptors (Lipinski definition) is 0. The van der Waals surface area contributed by atoms with E-state index in [1.807, 2.05) is 0 Å². The van der Waals surface area contributed by atoms with E-state index < -0.39 is 246 Å². The quantitative estimate of drug-likeness (QED) is 0.188. The third-order valence-corrected chi connectivity index (χ3v) is 6.38. The van der Waals surface area contributed by atoms with Gasteiger partial charge in [0.25, 0.3) is 0 Å². The predicted octanol–water partition coefficient (Wildman–Crippen LogP) is 11.8. The molecule has 0 nitrogen and oxygen atoms in total. The average molecular weight is 561 g/mol. The molecule has 0 aromatic heterocycles. The SMILES string of the molecule is [2H]c1c([2H])c([2H])c(-c2c([2H])c([2H])c([2H])c(-c3c4c([2H])c([2H])c([2H])c([2H])c4c(-c4c([2H])c([2H])c5c([2H])c([2H])c([2H])c([2H])c5c4[2H])c4c([2H])c([2H])c(-c5c([2H])c([2H])c([2H])c([2H])c5[2H])c([2H])c34)c2[2H])c([2H])c1[2H]. The van der Waals surface area contributed by atoms with E-state index in [4.69, 9.17) is 26.0 Å². The van der Waals surface area contributed by atoms with Crippen molar-refractivity contribution in [1.82, 2.24) is 0 Å². The van der Waals surface area contributed by atoms with Gasteiger partial charge in [-0.3, -0.25) is 0 Å². The Morgan fingerprint density at radius 2 is 0.738 bits per heavy atom. The van der Waals surface area contributed by atoms with Gasteiger partial charge in [0, 0.05) is 0 Å². The summed E-state index contributed by atoms with van der Waals surface area (Å²) in [7, 11) is 0. The van der Waals surface area contributed by atoms with E-state index in [0.29, 0.717) is 0 Å². The molecule has 8 rings (SSSR count). The highest BCUT2D eigenvalue weighted by molar-refractivity contribution is 6.22. The maximum atomic E-state index is 9.95. The van der Waals surface area contributed by atoms with Gasteiger partial charge in [-0.05, 0) is 95.0 Å². The highest BCUT2D eigenvalue weighted by Gasteiger charge is 2.18. The third kappa shape index (κ3) is 4.17. The van der Waals surface area contributed by atoms with Crippen LogP contribution >= 0.6 is 0 Å². The molecule has 0 atom stereocenters. The first-order valence-electron chi connectivity index (χ1n) is 26.2. The van der Waals surface area contributed by atoms with Crippen LogP contribution in [0.3, 0.4) is 0 Å². The number of hydrogen-bond donors (Lipinski definition) is 0. The summed E-state index contributed by atoms with van der Waals surface area (Å²) in [6.07, 6.45) is 0. The summed E-state index contributed by atoms with van der Waals surface area (Å²) in [5, 5.41) is -4.65. The van der Waals surface area contributed by atoms with Crippen molar-refractivity contribution in [2.45, 2.75) is 0 Å². The average Bonchev–Trinajstić information content (AvgIpc) is 3.32. The molecule has 0 N–H and O–H groups in total. The second-order valence-corrected chi connectivity index (χ2v) is 8.75. The first-order valence-corrected chi connectivity index (χ1v) is 12.2. The molecule has 0 amide bonds. The summed E-state index contributed by atoms with van der Waals surface area (Å²) in [5.41, 5.74) is -6.93. The molecule has 196 valence electrons. The Morgan fingerprint density at radius 1 is 0.262 bits per heavy atom. The van der Waals surface area contributed by atoms with Gasteiger partial charge in [-0.2, -0.15) is 0 Å². The lowest BCUT2D eigenvalue weighted by molar-refractivity contribution is 1.61. The van der Waals surface area contributed by atoms with Crippen LogP contribution in [0.25, 0.3) is 76.8 Å². The van der Waals surface area contributed by atoms with Gasteiger partial charge in [0.15, 0.2) is 0 Å². The molecule has 8 aromatic rings. The molecule has 8 aromatic carbocycles. The summed E-state index contributed by atoms with van der Waals surface area (Å²) in [6, 6.07) is -27.9. The van der Waals surface area contributed by atoms with E-state index in [9.17, 15) is 12.3 Å². The molecule has 0 bridgehead atoms. The van der Waals surface area contributed by atoms with Gasteiger partial charge in [-0.15, -0.1) is 0 Å². The topological polar surface area (TPSA) is 0 Å². The van der Waals surface area contributed by atoms with E-state index in [1.54, 1.807) is 0 Å². The summed E-state index contributed by atoms with van der Waals surface area (Å²) in [5.74, 6) is 0. The van der Waals surface area contributed by atoms with Gasteiger partial charge in [0.2, 0.25) is 0 Å². The van der Waals surface area contributed by atoms with Crippen molar-refractivity contribution in [3.63, 3.8) is 0 Å². The van der Waals surface area contributed by atoms with Gasteiger partial charge < -0.3 is 0 Å². The lowest BCUT2D eigenvalue weighted by Crippen LogP contribution is -1.92. The molecular weight excluding hydrogens is 504 g/mol. The van der Waals surface area contributed by atoms with Crippen LogP contribution in [0.2, 0.25) is 0 Å². The molecule has 0 unspecified atom stereocenters. The fraction of sp³-hybridized carbons (Fsp3) is 0. The van der Waals surface area contributed by atoms with Gasteiger partial charge in [-0.1, -0.05) is 151 Å². The second-order valence-electron chi connectivity index (χ2n) is 8.75. The van der Waals surface area contributed by atoms with Crippen molar-refractivity contribution < 1.29 is 38.4 Å². The minimum absolute atomic E-state index is 0.620. The molecule has 0 heterocycles. The van der Waals surface area contributed by atoms with Crippen LogP contribution < -0.4 is 0 Å². The van der Waals surface area contributed by atoms with E-state index in [2.05, 4.69) is 0 Å². The minimum Gasteiger partial charge on any atom is -0.0622 e. The van der Waals surface area contributed by atoms with Crippen LogP contribution in [-0.4, -0.2) is 0 Å². The standard InChI is InChI=1S/C42H28/c1-3-12-29(13-4-1)33-18-11-19-35(26-33)42-38-21-10-9-20-37(38)41(36-23-22-31-16-7-8-17-32(31)27-36)39-25-24-34(28-40(39)42)30-14-5-2-6-15-30/h1-28H/i1D,2D,3D,4D,5D,6D,7D,8D,9D,10D,11D,12D,13D,14D,15D,16D,17D,18D,19D,20D,21D,22D,23D,24D,25D,26D,27D,28D. The van der Waals surface area contributed by atoms with E-state index in [1.165, 1.54) is 0 Å². The maximum absolute atomic E-state index is 9.95. The molecule has 0 saturated heterocycles. The van der Waals surface area contributed by atoms with Crippen LogP contribution in [0.4, 0.5) is 0 Å². The third-order valence-electron chi connectivity index (χ3n) is 6.38. The smallest absolute Gasteiger partial charge is 0.0622 e. The summed E-state index contributed by atoms with van der Waals surface area (Å²) >= 11 is 0. The molecule has 0 aliphatic heterocycles. The Hall–Kier alpha value is -5.46. The van der Waals surface area contributed by atoms with Crippen molar-refractivity contribution in [1.29, 1.82) is 0 Å². The zero-order valence-electron chi connectivity index (χ0n) is 49.0. The van der Waals surface area contributed by atoms with Crippen LogP contribution in [0, 0.1) is 0 Å². The fourth-order valence-electron chi connectivity index (χ4n) is 4.59. The van der Waals surface area contributed by atoms with E-state index in [0.717, 1.165) is 0 Å². The van der Waals surface area contributed by atoms with Gasteiger partial charge in [-0.25, -0.2) is 0 Å². The van der Waals surface area contributed by atoms with Crippen LogP contribution in [0.5, 0.6) is 0 Å². The van der Waals surface area contributed by atoms with Gasteiger partial charge in [0.1, 0.15) is 0 Å². The summed E-state index contributed by atoms with van der Waals surface area (Å²) in [6.45, 7) is 0. The Balaban J connectivity index is 1.81. The summed E-state index contributed by atoms with van der Waals surface area (Å²) < 4.78 is 250. The van der Waals surface area contributed by atoms with Crippen molar-refractivity contribution in [3.8, 4) is 44.5 Å². The molecule has 42 heavy (non-hydrogen) atoms. The van der Waals surface area contributed by atoms with Crippen LogP contribution in [0.15, 0.2) is 169 Å². The Labute approximate surface area is 285 Å². The monoisotopic (exact) mass is 560 g/mol. The molecule has 0 heteroatoms. The predicted molar refractivity (Wildman–Crippen MR) is 181 cm³/mol. The molecule has 0 spiro atoms. The number of rotatable bonds is 4. The van der Waals surface area contributed by atoms with Crippen molar-refractivity contribution in [2.24, 2.45) is 0 Å².